The third-order valence-electron chi connectivity index (χ3n) is 2.99. The Kier molecular flexibility index (Phi) is 3.68. The van der Waals surface area contributed by atoms with Crippen LogP contribution in [0.5, 0.6) is 0 Å². The number of carboxylic acid groups (broad SMARTS) is 1. The Bertz CT molecular complexity index is 261. The van der Waals surface area contributed by atoms with Gasteiger partial charge in [-0.05, 0) is 19.3 Å². The third-order valence-corrected chi connectivity index (χ3v) is 2.99. The quantitative estimate of drug-likeness (QED) is 0.605. The predicted molar refractivity (Wildman–Crippen MR) is 55.2 cm³/mol. The smallest absolute Gasteiger partial charge is 0.305 e. The summed E-state index contributed by atoms with van der Waals surface area (Å²) in [5, 5.41) is 11.6. The maximum absolute atomic E-state index is 11.6. The summed E-state index contributed by atoms with van der Waals surface area (Å²) in [5.74, 6) is -1.26. The Morgan fingerprint density at radius 3 is 2.47 bits per heavy atom. The van der Waals surface area contributed by atoms with Gasteiger partial charge in [-0.15, -0.1) is 0 Å². The highest BCUT2D eigenvalue weighted by molar-refractivity contribution is 5.80. The van der Waals surface area contributed by atoms with Crippen LogP contribution in [0.1, 0.15) is 32.6 Å². The Labute approximate surface area is 89.0 Å². The molecule has 15 heavy (non-hydrogen) atoms. The molecule has 1 aliphatic carbocycles. The highest BCUT2D eigenvalue weighted by Crippen LogP contribution is 2.35. The summed E-state index contributed by atoms with van der Waals surface area (Å²) in [7, 11) is 0. The van der Waals surface area contributed by atoms with E-state index in [0.29, 0.717) is 0 Å². The number of hydrogen-bond donors (Lipinski definition) is 3. The van der Waals surface area contributed by atoms with Crippen molar-refractivity contribution in [3.05, 3.63) is 0 Å². The summed E-state index contributed by atoms with van der Waals surface area (Å²) < 4.78 is 0. The van der Waals surface area contributed by atoms with Crippen molar-refractivity contribution in [2.75, 3.05) is 6.54 Å². The van der Waals surface area contributed by atoms with Crippen LogP contribution in [0.3, 0.4) is 0 Å². The molecule has 0 aromatic rings. The maximum Gasteiger partial charge on any atom is 0.305 e. The molecule has 0 bridgehead atoms. The van der Waals surface area contributed by atoms with Crippen molar-refractivity contribution in [3.8, 4) is 0 Å². The standard InChI is InChI=1S/C10H18N2O3/c1-7(6-11)9(15)12-10(3-2-4-10)5-8(13)14/h7H,2-6,11H2,1H3,(H,12,15)(H,13,14). The number of nitrogens with one attached hydrogen (secondary N) is 1. The van der Waals surface area contributed by atoms with E-state index < -0.39 is 11.5 Å². The summed E-state index contributed by atoms with van der Waals surface area (Å²) in [5.41, 5.74) is 4.87. The first-order valence-corrected chi connectivity index (χ1v) is 5.23. The van der Waals surface area contributed by atoms with E-state index in [4.69, 9.17) is 10.8 Å². The van der Waals surface area contributed by atoms with E-state index in [0.717, 1.165) is 19.3 Å². The van der Waals surface area contributed by atoms with Gasteiger partial charge in [-0.2, -0.15) is 0 Å². The van der Waals surface area contributed by atoms with Gasteiger partial charge in [0, 0.05) is 12.5 Å². The van der Waals surface area contributed by atoms with Gasteiger partial charge in [0.25, 0.3) is 0 Å². The van der Waals surface area contributed by atoms with E-state index in [9.17, 15) is 9.59 Å². The second-order valence-electron chi connectivity index (χ2n) is 4.33. The van der Waals surface area contributed by atoms with Crippen LogP contribution in [-0.2, 0) is 9.59 Å². The molecule has 1 rings (SSSR count). The minimum absolute atomic E-state index is 0.00995. The highest BCUT2D eigenvalue weighted by Gasteiger charge is 2.40. The van der Waals surface area contributed by atoms with Gasteiger partial charge in [0.15, 0.2) is 0 Å². The summed E-state index contributed by atoms with van der Waals surface area (Å²) in [6.45, 7) is 2.03. The molecule has 86 valence electrons. The Balaban J connectivity index is 2.53. The van der Waals surface area contributed by atoms with E-state index in [-0.39, 0.29) is 24.8 Å². The molecule has 5 nitrogen and oxygen atoms in total. The second-order valence-corrected chi connectivity index (χ2v) is 4.33. The minimum atomic E-state index is -0.865. The van der Waals surface area contributed by atoms with Crippen LogP contribution >= 0.6 is 0 Å². The molecule has 1 aliphatic rings. The summed E-state index contributed by atoms with van der Waals surface area (Å²) in [4.78, 5) is 22.2. The fourth-order valence-electron chi connectivity index (χ4n) is 1.73. The van der Waals surface area contributed by atoms with Gasteiger partial charge < -0.3 is 16.2 Å². The molecule has 1 saturated carbocycles. The van der Waals surface area contributed by atoms with Gasteiger partial charge >= 0.3 is 5.97 Å². The molecule has 1 atom stereocenters. The van der Waals surface area contributed by atoms with Crippen LogP contribution in [0.4, 0.5) is 0 Å². The number of aliphatic carboxylic acids is 1. The monoisotopic (exact) mass is 214 g/mol. The van der Waals surface area contributed by atoms with Crippen LogP contribution in [0.25, 0.3) is 0 Å². The topological polar surface area (TPSA) is 92.4 Å². The molecule has 1 amide bonds. The van der Waals surface area contributed by atoms with Crippen molar-refractivity contribution in [3.63, 3.8) is 0 Å². The number of rotatable bonds is 5. The first-order valence-electron chi connectivity index (χ1n) is 5.23. The third kappa shape index (κ3) is 2.92. The largest absolute Gasteiger partial charge is 0.481 e. The van der Waals surface area contributed by atoms with E-state index in [1.807, 2.05) is 0 Å². The van der Waals surface area contributed by atoms with Gasteiger partial charge in [-0.1, -0.05) is 6.92 Å². The average Bonchev–Trinajstić information content (AvgIpc) is 2.12. The molecule has 0 spiro atoms. The molecule has 0 saturated heterocycles. The zero-order valence-electron chi connectivity index (χ0n) is 8.95. The summed E-state index contributed by atoms with van der Waals surface area (Å²) in [6, 6.07) is 0. The normalized spacial score (nSPS) is 20.1. The van der Waals surface area contributed by atoms with Crippen molar-refractivity contribution < 1.29 is 14.7 Å². The number of carbonyl (C=O) groups is 2. The van der Waals surface area contributed by atoms with E-state index in [1.165, 1.54) is 0 Å². The fraction of sp³-hybridized carbons (Fsp3) is 0.800. The Hall–Kier alpha value is -1.10. The van der Waals surface area contributed by atoms with Crippen LogP contribution in [-0.4, -0.2) is 29.1 Å². The Morgan fingerprint density at radius 2 is 2.13 bits per heavy atom. The van der Waals surface area contributed by atoms with Crippen LogP contribution in [0, 0.1) is 5.92 Å². The van der Waals surface area contributed by atoms with Crippen molar-refractivity contribution in [2.24, 2.45) is 11.7 Å². The lowest BCUT2D eigenvalue weighted by Crippen LogP contribution is -2.56. The number of carbonyl (C=O) groups excluding carboxylic acids is 1. The van der Waals surface area contributed by atoms with Gasteiger partial charge in [0.1, 0.15) is 0 Å². The maximum atomic E-state index is 11.6. The van der Waals surface area contributed by atoms with Crippen molar-refractivity contribution >= 4 is 11.9 Å². The van der Waals surface area contributed by atoms with E-state index >= 15 is 0 Å². The fourth-order valence-corrected chi connectivity index (χ4v) is 1.73. The van der Waals surface area contributed by atoms with E-state index in [1.54, 1.807) is 6.92 Å². The minimum Gasteiger partial charge on any atom is -0.481 e. The van der Waals surface area contributed by atoms with Crippen molar-refractivity contribution in [1.29, 1.82) is 0 Å². The van der Waals surface area contributed by atoms with Crippen LogP contribution < -0.4 is 11.1 Å². The van der Waals surface area contributed by atoms with Crippen LogP contribution in [0.15, 0.2) is 0 Å². The average molecular weight is 214 g/mol. The van der Waals surface area contributed by atoms with Crippen LogP contribution in [0.2, 0.25) is 0 Å². The lowest BCUT2D eigenvalue weighted by atomic mass is 9.74. The molecule has 5 heteroatoms. The number of hydrogen-bond acceptors (Lipinski definition) is 3. The van der Waals surface area contributed by atoms with Gasteiger partial charge in [-0.25, -0.2) is 0 Å². The molecular weight excluding hydrogens is 196 g/mol. The SMILES string of the molecule is CC(CN)C(=O)NC1(CC(=O)O)CCC1. The predicted octanol–water partition coefficient (Wildman–Crippen LogP) is 0.0948. The first-order chi connectivity index (χ1) is 6.99. The lowest BCUT2D eigenvalue weighted by molar-refractivity contribution is -0.140. The number of amides is 1. The first kappa shape index (κ1) is 12.0. The number of nitrogens with two attached hydrogens (primary N) is 1. The second kappa shape index (κ2) is 4.61. The zero-order chi connectivity index (χ0) is 11.5. The van der Waals surface area contributed by atoms with Gasteiger partial charge in [0.05, 0.1) is 12.0 Å². The molecule has 0 aliphatic heterocycles. The molecule has 0 aromatic heterocycles. The van der Waals surface area contributed by atoms with Gasteiger partial charge in [-0.3, -0.25) is 9.59 Å². The van der Waals surface area contributed by atoms with Crippen molar-refractivity contribution in [1.82, 2.24) is 5.32 Å². The van der Waals surface area contributed by atoms with Gasteiger partial charge in [0.2, 0.25) is 5.91 Å². The molecule has 4 N–H and O–H groups in total. The molecule has 1 unspecified atom stereocenters. The summed E-state index contributed by atoms with van der Waals surface area (Å²) in [6.07, 6.45) is 2.49. The molecule has 1 fully saturated rings. The molecule has 0 aromatic carbocycles. The van der Waals surface area contributed by atoms with E-state index in [2.05, 4.69) is 5.32 Å². The highest BCUT2D eigenvalue weighted by atomic mass is 16.4. The molecule has 0 heterocycles. The zero-order valence-corrected chi connectivity index (χ0v) is 8.95. The summed E-state index contributed by atoms with van der Waals surface area (Å²) >= 11 is 0. The Morgan fingerprint density at radius 1 is 1.53 bits per heavy atom. The lowest BCUT2D eigenvalue weighted by Gasteiger charge is -2.42. The molecular formula is C10H18N2O3. The number of carboxylic acids is 1. The van der Waals surface area contributed by atoms with Crippen molar-refractivity contribution in [2.45, 2.75) is 38.1 Å². The molecule has 0 radical (unpaired) electrons.